The highest BCUT2D eigenvalue weighted by Gasteiger charge is 2.09. The number of benzene rings is 1. The molecule has 0 bridgehead atoms. The smallest absolute Gasteiger partial charge is 0.119 e. The quantitative estimate of drug-likeness (QED) is 0.769. The second-order valence-electron chi connectivity index (χ2n) is 6.21. The lowest BCUT2D eigenvalue weighted by Gasteiger charge is -2.14. The average molecular weight is 334 g/mol. The zero-order valence-corrected chi connectivity index (χ0v) is 15.1. The number of aliphatic hydroxyl groups excluding tert-OH is 1. The van der Waals surface area contributed by atoms with Crippen molar-refractivity contribution < 1.29 is 9.84 Å². The van der Waals surface area contributed by atoms with E-state index < -0.39 is 6.10 Å². The molecule has 0 saturated carbocycles. The summed E-state index contributed by atoms with van der Waals surface area (Å²) in [5.41, 5.74) is 1.92. The van der Waals surface area contributed by atoms with E-state index in [1.807, 2.05) is 38.1 Å². The fourth-order valence-electron chi connectivity index (χ4n) is 2.16. The molecule has 1 atom stereocenters. The van der Waals surface area contributed by atoms with Crippen LogP contribution < -0.4 is 10.1 Å². The molecule has 1 unspecified atom stereocenters. The molecule has 4 nitrogen and oxygen atoms in total. The molecule has 126 valence electrons. The molecule has 0 aliphatic carbocycles. The highest BCUT2D eigenvalue weighted by atomic mass is 32.1. The topological polar surface area (TPSA) is 54.4 Å². The van der Waals surface area contributed by atoms with Gasteiger partial charge in [0.25, 0.3) is 0 Å². The number of rotatable bonds is 8. The van der Waals surface area contributed by atoms with Gasteiger partial charge in [0.1, 0.15) is 5.75 Å². The number of aromatic nitrogens is 1. The van der Waals surface area contributed by atoms with Gasteiger partial charge in [-0.05, 0) is 31.5 Å². The van der Waals surface area contributed by atoms with Gasteiger partial charge in [0.2, 0.25) is 0 Å². The summed E-state index contributed by atoms with van der Waals surface area (Å²) >= 11 is 1.69. The van der Waals surface area contributed by atoms with Gasteiger partial charge in [-0.2, -0.15) is 0 Å². The van der Waals surface area contributed by atoms with Crippen LogP contribution >= 0.6 is 11.3 Å². The van der Waals surface area contributed by atoms with Crippen LogP contribution in [0.15, 0.2) is 29.6 Å². The lowest BCUT2D eigenvalue weighted by atomic mass is 10.1. The van der Waals surface area contributed by atoms with Crippen LogP contribution in [-0.2, 0) is 6.54 Å². The summed E-state index contributed by atoms with van der Waals surface area (Å²) in [6.45, 7) is 9.46. The number of hydrogen-bond acceptors (Lipinski definition) is 5. The largest absolute Gasteiger partial charge is 0.491 e. The molecule has 0 fully saturated rings. The van der Waals surface area contributed by atoms with E-state index in [4.69, 9.17) is 4.74 Å². The Balaban J connectivity index is 1.80. The number of hydrogen-bond donors (Lipinski definition) is 2. The molecule has 0 radical (unpaired) electrons. The van der Waals surface area contributed by atoms with Crippen LogP contribution in [0, 0.1) is 0 Å². The highest BCUT2D eigenvalue weighted by Crippen LogP contribution is 2.20. The first kappa shape index (κ1) is 17.9. The molecule has 1 aromatic carbocycles. The van der Waals surface area contributed by atoms with Gasteiger partial charge in [-0.15, -0.1) is 11.3 Å². The Hall–Kier alpha value is -1.43. The monoisotopic (exact) mass is 334 g/mol. The standard InChI is InChI=1S/C18H26N2O2S/c1-12(2)18-20-15(11-23-18)9-19-10-17(21)14-5-7-16(8-6-14)22-13(3)4/h5-8,11-13,17,19,21H,9-10H2,1-4H3. The predicted molar refractivity (Wildman–Crippen MR) is 95.1 cm³/mol. The van der Waals surface area contributed by atoms with Crippen molar-refractivity contribution in [3.8, 4) is 5.75 Å². The number of nitrogens with zero attached hydrogens (tertiary/aromatic N) is 1. The summed E-state index contributed by atoms with van der Waals surface area (Å²) in [5.74, 6) is 1.29. The summed E-state index contributed by atoms with van der Waals surface area (Å²) in [5, 5.41) is 16.7. The Morgan fingerprint density at radius 1 is 1.17 bits per heavy atom. The van der Waals surface area contributed by atoms with Gasteiger partial charge in [0.05, 0.1) is 22.9 Å². The first-order chi connectivity index (χ1) is 11.0. The Bertz CT molecular complexity index is 593. The zero-order valence-electron chi connectivity index (χ0n) is 14.2. The van der Waals surface area contributed by atoms with Crippen molar-refractivity contribution in [3.63, 3.8) is 0 Å². The van der Waals surface area contributed by atoms with E-state index in [2.05, 4.69) is 29.5 Å². The molecule has 1 heterocycles. The number of aliphatic hydroxyl groups is 1. The van der Waals surface area contributed by atoms with Crippen molar-refractivity contribution in [2.24, 2.45) is 0 Å². The molecule has 0 saturated heterocycles. The lowest BCUT2D eigenvalue weighted by Crippen LogP contribution is -2.21. The minimum absolute atomic E-state index is 0.154. The van der Waals surface area contributed by atoms with Crippen molar-refractivity contribution in [2.45, 2.75) is 52.4 Å². The SMILES string of the molecule is CC(C)Oc1ccc(C(O)CNCc2csc(C(C)C)n2)cc1. The Morgan fingerprint density at radius 3 is 2.43 bits per heavy atom. The first-order valence-electron chi connectivity index (χ1n) is 8.05. The maximum atomic E-state index is 10.2. The normalized spacial score (nSPS) is 12.8. The third kappa shape index (κ3) is 5.61. The van der Waals surface area contributed by atoms with Crippen molar-refractivity contribution in [1.82, 2.24) is 10.3 Å². The Morgan fingerprint density at radius 2 is 1.87 bits per heavy atom. The molecular formula is C18H26N2O2S. The summed E-state index contributed by atoms with van der Waals surface area (Å²) < 4.78 is 5.61. The van der Waals surface area contributed by atoms with Crippen LogP contribution in [0.25, 0.3) is 0 Å². The molecule has 0 aliphatic rings. The Labute approximate surface area is 142 Å². The predicted octanol–water partition coefficient (Wildman–Crippen LogP) is 3.88. The van der Waals surface area contributed by atoms with Crippen LogP contribution in [-0.4, -0.2) is 22.7 Å². The minimum Gasteiger partial charge on any atom is -0.491 e. The molecule has 0 aliphatic heterocycles. The van der Waals surface area contributed by atoms with Crippen LogP contribution in [0.4, 0.5) is 0 Å². The van der Waals surface area contributed by atoms with Gasteiger partial charge in [0, 0.05) is 24.4 Å². The minimum atomic E-state index is -0.536. The van der Waals surface area contributed by atoms with Crippen molar-refractivity contribution >= 4 is 11.3 Å². The van der Waals surface area contributed by atoms with Crippen LogP contribution in [0.1, 0.15) is 56.0 Å². The van der Waals surface area contributed by atoms with Gasteiger partial charge in [-0.1, -0.05) is 26.0 Å². The Kier molecular flexibility index (Phi) is 6.57. The van der Waals surface area contributed by atoms with Crippen molar-refractivity contribution in [2.75, 3.05) is 6.54 Å². The zero-order chi connectivity index (χ0) is 16.8. The highest BCUT2D eigenvalue weighted by molar-refractivity contribution is 7.09. The van der Waals surface area contributed by atoms with Gasteiger partial charge >= 0.3 is 0 Å². The van der Waals surface area contributed by atoms with E-state index in [9.17, 15) is 5.11 Å². The third-order valence-corrected chi connectivity index (χ3v) is 4.54. The van der Waals surface area contributed by atoms with Gasteiger partial charge < -0.3 is 15.2 Å². The summed E-state index contributed by atoms with van der Waals surface area (Å²) in [6.07, 6.45) is -0.382. The lowest BCUT2D eigenvalue weighted by molar-refractivity contribution is 0.174. The van der Waals surface area contributed by atoms with Crippen LogP contribution in [0.3, 0.4) is 0 Å². The molecular weight excluding hydrogens is 308 g/mol. The molecule has 2 N–H and O–H groups in total. The van der Waals surface area contributed by atoms with Gasteiger partial charge in [0.15, 0.2) is 0 Å². The maximum Gasteiger partial charge on any atom is 0.119 e. The van der Waals surface area contributed by atoms with Crippen LogP contribution in [0.2, 0.25) is 0 Å². The van der Waals surface area contributed by atoms with E-state index in [1.165, 1.54) is 0 Å². The third-order valence-electron chi connectivity index (χ3n) is 3.34. The fraction of sp³-hybridized carbons (Fsp3) is 0.500. The molecule has 1 aromatic heterocycles. The molecule has 23 heavy (non-hydrogen) atoms. The number of thiazole rings is 1. The van der Waals surface area contributed by atoms with E-state index in [0.29, 0.717) is 19.0 Å². The van der Waals surface area contributed by atoms with E-state index in [0.717, 1.165) is 22.0 Å². The fourth-order valence-corrected chi connectivity index (χ4v) is 3.00. The van der Waals surface area contributed by atoms with Crippen LogP contribution in [0.5, 0.6) is 5.75 Å². The second-order valence-corrected chi connectivity index (χ2v) is 7.10. The first-order valence-corrected chi connectivity index (χ1v) is 8.93. The van der Waals surface area contributed by atoms with Gasteiger partial charge in [-0.3, -0.25) is 0 Å². The molecule has 2 aromatic rings. The maximum absolute atomic E-state index is 10.2. The van der Waals surface area contributed by atoms with E-state index >= 15 is 0 Å². The number of nitrogens with one attached hydrogen (secondary N) is 1. The molecule has 0 spiro atoms. The van der Waals surface area contributed by atoms with Crippen molar-refractivity contribution in [3.05, 3.63) is 45.9 Å². The van der Waals surface area contributed by atoms with Gasteiger partial charge in [-0.25, -0.2) is 4.98 Å². The van der Waals surface area contributed by atoms with E-state index in [1.54, 1.807) is 11.3 Å². The average Bonchev–Trinajstić information content (AvgIpc) is 2.96. The molecule has 2 rings (SSSR count). The summed E-state index contributed by atoms with van der Waals surface area (Å²) in [7, 11) is 0. The van der Waals surface area contributed by atoms with Crippen molar-refractivity contribution in [1.29, 1.82) is 0 Å². The summed E-state index contributed by atoms with van der Waals surface area (Å²) in [4.78, 5) is 4.58. The summed E-state index contributed by atoms with van der Waals surface area (Å²) in [6, 6.07) is 7.61. The van der Waals surface area contributed by atoms with E-state index in [-0.39, 0.29) is 6.10 Å². The molecule has 0 amide bonds. The second kappa shape index (κ2) is 8.43. The number of ether oxygens (including phenoxy) is 1. The molecule has 5 heteroatoms.